The van der Waals surface area contributed by atoms with Crippen molar-refractivity contribution >= 4 is 0 Å². The smallest absolute Gasteiger partial charge is 0.0707 e. The summed E-state index contributed by atoms with van der Waals surface area (Å²) in [6, 6.07) is 0. The van der Waals surface area contributed by atoms with E-state index in [4.69, 9.17) is 14.6 Å². The lowest BCUT2D eigenvalue weighted by Gasteiger charge is -2.24. The fourth-order valence-electron chi connectivity index (χ4n) is 1.22. The van der Waals surface area contributed by atoms with Crippen LogP contribution in [0.25, 0.3) is 0 Å². The molecule has 0 aliphatic rings. The van der Waals surface area contributed by atoms with Crippen LogP contribution in [0.2, 0.25) is 0 Å². The van der Waals surface area contributed by atoms with Crippen molar-refractivity contribution in [1.82, 2.24) is 0 Å². The minimum atomic E-state index is -0.0443. The molecule has 80 valence electrons. The van der Waals surface area contributed by atoms with Crippen LogP contribution >= 0.6 is 0 Å². The fourth-order valence-corrected chi connectivity index (χ4v) is 1.22. The Hall–Kier alpha value is -0.120. The zero-order valence-electron chi connectivity index (χ0n) is 9.01. The Morgan fingerprint density at radius 1 is 1.15 bits per heavy atom. The summed E-state index contributed by atoms with van der Waals surface area (Å²) in [6.45, 7) is 7.97. The summed E-state index contributed by atoms with van der Waals surface area (Å²) < 4.78 is 10.7. The third-order valence-electron chi connectivity index (χ3n) is 1.81. The molecular weight excluding hydrogens is 168 g/mol. The number of aliphatic hydroxyl groups excluding tert-OH is 1. The molecule has 0 atom stereocenters. The van der Waals surface area contributed by atoms with Crippen LogP contribution in [0, 0.1) is 0 Å². The zero-order valence-corrected chi connectivity index (χ0v) is 9.01. The van der Waals surface area contributed by atoms with Crippen LogP contribution in [0.5, 0.6) is 0 Å². The number of rotatable bonds is 8. The molecule has 3 heteroatoms. The average Bonchev–Trinajstić information content (AvgIpc) is 2.04. The van der Waals surface area contributed by atoms with Gasteiger partial charge in [0.05, 0.1) is 32.0 Å². The lowest BCUT2D eigenvalue weighted by atomic mass is 10.0. The van der Waals surface area contributed by atoms with Gasteiger partial charge in [-0.25, -0.2) is 0 Å². The Bertz CT molecular complexity index is 113. The molecule has 0 heterocycles. The first-order chi connectivity index (χ1) is 6.12. The molecule has 0 bridgehead atoms. The van der Waals surface area contributed by atoms with Crippen LogP contribution in [0.3, 0.4) is 0 Å². The second kappa shape index (κ2) is 7.30. The van der Waals surface area contributed by atoms with Crippen LogP contribution in [-0.4, -0.2) is 37.1 Å². The molecule has 0 saturated carbocycles. The Morgan fingerprint density at radius 3 is 2.38 bits per heavy atom. The van der Waals surface area contributed by atoms with Gasteiger partial charge >= 0.3 is 0 Å². The minimum Gasteiger partial charge on any atom is -0.394 e. The molecule has 0 unspecified atom stereocenters. The van der Waals surface area contributed by atoms with Gasteiger partial charge in [0.15, 0.2) is 0 Å². The molecule has 0 aliphatic carbocycles. The van der Waals surface area contributed by atoms with Crippen molar-refractivity contribution in [3.05, 3.63) is 0 Å². The second-order valence-electron chi connectivity index (χ2n) is 3.69. The van der Waals surface area contributed by atoms with Gasteiger partial charge in [-0.15, -0.1) is 0 Å². The third-order valence-corrected chi connectivity index (χ3v) is 1.81. The maximum Gasteiger partial charge on any atom is 0.0707 e. The van der Waals surface area contributed by atoms with E-state index >= 15 is 0 Å². The predicted molar refractivity (Wildman–Crippen MR) is 52.8 cm³/mol. The Morgan fingerprint density at radius 2 is 1.85 bits per heavy atom. The molecule has 0 spiro atoms. The standard InChI is InChI=1S/C10H22O3/c1-4-5-10(2,3)13-9-8-12-7-6-11/h11H,4-9H2,1-3H3. The average molecular weight is 190 g/mol. The highest BCUT2D eigenvalue weighted by Crippen LogP contribution is 2.15. The van der Waals surface area contributed by atoms with E-state index in [1.165, 1.54) is 0 Å². The molecule has 0 aliphatic heterocycles. The molecule has 0 aromatic rings. The van der Waals surface area contributed by atoms with Crippen LogP contribution in [-0.2, 0) is 9.47 Å². The van der Waals surface area contributed by atoms with Crippen LogP contribution < -0.4 is 0 Å². The summed E-state index contributed by atoms with van der Waals surface area (Å²) >= 11 is 0. The van der Waals surface area contributed by atoms with Crippen LogP contribution in [0.15, 0.2) is 0 Å². The molecule has 13 heavy (non-hydrogen) atoms. The van der Waals surface area contributed by atoms with Gasteiger partial charge in [0.25, 0.3) is 0 Å². The van der Waals surface area contributed by atoms with Crippen molar-refractivity contribution < 1.29 is 14.6 Å². The van der Waals surface area contributed by atoms with Crippen molar-refractivity contribution in [3.63, 3.8) is 0 Å². The van der Waals surface area contributed by atoms with E-state index in [0.29, 0.717) is 19.8 Å². The molecule has 1 N–H and O–H groups in total. The lowest BCUT2D eigenvalue weighted by molar-refractivity contribution is -0.0532. The van der Waals surface area contributed by atoms with Gasteiger partial charge in [-0.3, -0.25) is 0 Å². The first-order valence-electron chi connectivity index (χ1n) is 4.95. The summed E-state index contributed by atoms with van der Waals surface area (Å²) in [5.41, 5.74) is -0.0443. The molecule has 0 aromatic carbocycles. The van der Waals surface area contributed by atoms with E-state index in [9.17, 15) is 0 Å². The van der Waals surface area contributed by atoms with E-state index in [-0.39, 0.29) is 12.2 Å². The molecule has 0 rings (SSSR count). The van der Waals surface area contributed by atoms with Gasteiger partial charge < -0.3 is 14.6 Å². The van der Waals surface area contributed by atoms with E-state index in [2.05, 4.69) is 20.8 Å². The second-order valence-corrected chi connectivity index (χ2v) is 3.69. The summed E-state index contributed by atoms with van der Waals surface area (Å²) in [4.78, 5) is 0. The molecule has 0 saturated heterocycles. The monoisotopic (exact) mass is 190 g/mol. The molecule has 0 amide bonds. The van der Waals surface area contributed by atoms with Crippen molar-refractivity contribution in [1.29, 1.82) is 0 Å². The van der Waals surface area contributed by atoms with E-state index in [1.807, 2.05) is 0 Å². The van der Waals surface area contributed by atoms with Gasteiger partial charge in [-0.1, -0.05) is 13.3 Å². The number of hydrogen-bond acceptors (Lipinski definition) is 3. The topological polar surface area (TPSA) is 38.7 Å². The van der Waals surface area contributed by atoms with Gasteiger partial charge in [0, 0.05) is 0 Å². The highest BCUT2D eigenvalue weighted by atomic mass is 16.5. The maximum absolute atomic E-state index is 8.44. The Balaban J connectivity index is 3.29. The molecule has 0 fully saturated rings. The normalized spacial score (nSPS) is 12.0. The van der Waals surface area contributed by atoms with Crippen molar-refractivity contribution in [3.8, 4) is 0 Å². The number of aliphatic hydroxyl groups is 1. The first kappa shape index (κ1) is 12.9. The maximum atomic E-state index is 8.44. The summed E-state index contributed by atoms with van der Waals surface area (Å²) in [6.07, 6.45) is 2.19. The SMILES string of the molecule is CCCC(C)(C)OCCOCCO. The van der Waals surface area contributed by atoms with Crippen LogP contribution in [0.1, 0.15) is 33.6 Å². The zero-order chi connectivity index (χ0) is 10.2. The Kier molecular flexibility index (Phi) is 7.23. The largest absolute Gasteiger partial charge is 0.394 e. The summed E-state index contributed by atoms with van der Waals surface area (Å²) in [7, 11) is 0. The van der Waals surface area contributed by atoms with Crippen molar-refractivity contribution in [2.45, 2.75) is 39.2 Å². The van der Waals surface area contributed by atoms with Crippen molar-refractivity contribution in [2.75, 3.05) is 26.4 Å². The highest BCUT2D eigenvalue weighted by Gasteiger charge is 2.15. The van der Waals surface area contributed by atoms with Gasteiger partial charge in [-0.2, -0.15) is 0 Å². The van der Waals surface area contributed by atoms with E-state index in [0.717, 1.165) is 12.8 Å². The summed E-state index contributed by atoms with van der Waals surface area (Å²) in [5.74, 6) is 0. The fraction of sp³-hybridized carbons (Fsp3) is 1.00. The first-order valence-corrected chi connectivity index (χ1v) is 4.95. The molecule has 0 aromatic heterocycles. The minimum absolute atomic E-state index is 0.0443. The van der Waals surface area contributed by atoms with E-state index in [1.54, 1.807) is 0 Å². The molecule has 3 nitrogen and oxygen atoms in total. The lowest BCUT2D eigenvalue weighted by Crippen LogP contribution is -2.26. The van der Waals surface area contributed by atoms with Gasteiger partial charge in [0.1, 0.15) is 0 Å². The Labute approximate surface area is 81.0 Å². The predicted octanol–water partition coefficient (Wildman–Crippen LogP) is 1.59. The quantitative estimate of drug-likeness (QED) is 0.591. The van der Waals surface area contributed by atoms with Gasteiger partial charge in [-0.05, 0) is 20.3 Å². The van der Waals surface area contributed by atoms with Crippen LogP contribution in [0.4, 0.5) is 0 Å². The van der Waals surface area contributed by atoms with Crippen molar-refractivity contribution in [2.24, 2.45) is 0 Å². The molecule has 0 radical (unpaired) electrons. The van der Waals surface area contributed by atoms with Gasteiger partial charge in [0.2, 0.25) is 0 Å². The summed E-state index contributed by atoms with van der Waals surface area (Å²) in [5, 5.41) is 8.44. The number of hydrogen-bond donors (Lipinski definition) is 1. The molecular formula is C10H22O3. The third kappa shape index (κ3) is 8.22. The van der Waals surface area contributed by atoms with E-state index < -0.39 is 0 Å². The highest BCUT2D eigenvalue weighted by molar-refractivity contribution is 4.66. The number of ether oxygens (including phenoxy) is 2.